The number of nitrogens with one attached hydrogen (secondary N) is 1. The number of piperidine rings is 1. The highest BCUT2D eigenvalue weighted by Gasteiger charge is 2.24. The number of carbonyl (C=O) groups excluding carboxylic acids is 1. The van der Waals surface area contributed by atoms with Crippen LogP contribution in [0.1, 0.15) is 12.8 Å². The summed E-state index contributed by atoms with van der Waals surface area (Å²) in [5.41, 5.74) is 4.09. The fraction of sp³-hybridized carbons (Fsp3) is 0.333. The molecule has 0 aromatic carbocycles. The number of H-pyrrole nitrogens is 1. The van der Waals surface area contributed by atoms with Crippen molar-refractivity contribution < 1.29 is 4.79 Å². The van der Waals surface area contributed by atoms with Crippen LogP contribution in [-0.4, -0.2) is 64.5 Å². The molecular formula is C18H20BN6O. The Kier molecular flexibility index (Phi) is 4.66. The molecule has 1 N–H and O–H groups in total. The average molecular weight is 347 g/mol. The van der Waals surface area contributed by atoms with Crippen LogP contribution in [0.4, 0.5) is 5.69 Å². The van der Waals surface area contributed by atoms with Crippen LogP contribution in [0, 0.1) is 0 Å². The number of fused-ring (bicyclic) bond motifs is 1. The van der Waals surface area contributed by atoms with Crippen LogP contribution in [0.2, 0.25) is 0 Å². The van der Waals surface area contributed by atoms with Crippen LogP contribution in [0.15, 0.2) is 37.2 Å². The maximum atomic E-state index is 10.7. The molecule has 26 heavy (non-hydrogen) atoms. The van der Waals surface area contributed by atoms with Crippen molar-refractivity contribution in [3.05, 3.63) is 37.2 Å². The van der Waals surface area contributed by atoms with Crippen LogP contribution in [-0.2, 0) is 4.79 Å². The first-order chi connectivity index (χ1) is 12.8. The number of rotatable bonds is 5. The molecular weight excluding hydrogens is 327 g/mol. The van der Waals surface area contributed by atoms with Gasteiger partial charge in [0.1, 0.15) is 12.0 Å². The van der Waals surface area contributed by atoms with E-state index >= 15 is 0 Å². The largest absolute Gasteiger partial charge is 0.371 e. The van der Waals surface area contributed by atoms with Gasteiger partial charge < -0.3 is 19.5 Å². The second-order valence-electron chi connectivity index (χ2n) is 6.55. The number of carbonyl (C=O) groups is 1. The molecule has 1 aliphatic rings. The highest BCUT2D eigenvalue weighted by molar-refractivity contribution is 6.64. The molecule has 0 bridgehead atoms. The molecule has 1 radical (unpaired) electrons. The second kappa shape index (κ2) is 7.25. The molecule has 131 valence electrons. The fourth-order valence-electron chi connectivity index (χ4n) is 3.70. The Hall–Kier alpha value is -2.74. The lowest BCUT2D eigenvalue weighted by atomic mass is 9.89. The Labute approximate surface area is 152 Å². The van der Waals surface area contributed by atoms with E-state index in [0.29, 0.717) is 6.04 Å². The van der Waals surface area contributed by atoms with Gasteiger partial charge >= 0.3 is 0 Å². The predicted octanol–water partition coefficient (Wildman–Crippen LogP) is 1.73. The number of anilines is 1. The molecule has 0 aliphatic carbocycles. The molecule has 0 saturated carbocycles. The zero-order valence-electron chi connectivity index (χ0n) is 14.7. The van der Waals surface area contributed by atoms with Crippen molar-refractivity contribution in [2.75, 3.05) is 25.0 Å². The summed E-state index contributed by atoms with van der Waals surface area (Å²) in [5.74, 6) is 0. The molecule has 0 unspecified atom stereocenters. The van der Waals surface area contributed by atoms with E-state index in [1.54, 1.807) is 7.41 Å². The zero-order chi connectivity index (χ0) is 17.9. The van der Waals surface area contributed by atoms with Gasteiger partial charge in [0.15, 0.2) is 0 Å². The normalized spacial score (nSPS) is 15.5. The van der Waals surface area contributed by atoms with Gasteiger partial charge in [0, 0.05) is 66.1 Å². The minimum absolute atomic E-state index is 0.405. The Morgan fingerprint density at radius 2 is 2.08 bits per heavy atom. The second-order valence-corrected chi connectivity index (χ2v) is 6.55. The van der Waals surface area contributed by atoms with Gasteiger partial charge in [0.2, 0.25) is 0 Å². The SMILES string of the molecule is CN([B]C=O)C1CCN(c2ccnc3[nH]cc(-c4cncnc4)c23)CC1. The molecule has 1 aliphatic heterocycles. The van der Waals surface area contributed by atoms with E-state index in [4.69, 9.17) is 0 Å². The van der Waals surface area contributed by atoms with Crippen molar-refractivity contribution in [3.8, 4) is 11.1 Å². The van der Waals surface area contributed by atoms with Crippen molar-refractivity contribution >= 4 is 30.3 Å². The predicted molar refractivity (Wildman–Crippen MR) is 103 cm³/mol. The summed E-state index contributed by atoms with van der Waals surface area (Å²) < 4.78 is 0. The summed E-state index contributed by atoms with van der Waals surface area (Å²) in [5, 5.41) is 1.11. The molecule has 4 rings (SSSR count). The maximum Gasteiger partial charge on any atom is 0.293 e. The van der Waals surface area contributed by atoms with Crippen LogP contribution < -0.4 is 4.90 Å². The highest BCUT2D eigenvalue weighted by Crippen LogP contribution is 2.35. The van der Waals surface area contributed by atoms with E-state index in [2.05, 4.69) is 30.9 Å². The molecule has 3 aromatic rings. The average Bonchev–Trinajstić information content (AvgIpc) is 3.13. The number of pyridine rings is 1. The fourth-order valence-corrected chi connectivity index (χ4v) is 3.70. The molecule has 3 aromatic heterocycles. The first kappa shape index (κ1) is 16.7. The first-order valence-electron chi connectivity index (χ1n) is 8.75. The monoisotopic (exact) mass is 347 g/mol. The lowest BCUT2D eigenvalue weighted by Crippen LogP contribution is -2.45. The van der Waals surface area contributed by atoms with E-state index in [1.165, 1.54) is 12.0 Å². The van der Waals surface area contributed by atoms with Gasteiger partial charge in [0.25, 0.3) is 7.41 Å². The maximum absolute atomic E-state index is 10.7. The lowest BCUT2D eigenvalue weighted by Gasteiger charge is -2.37. The molecule has 8 heteroatoms. The van der Waals surface area contributed by atoms with Gasteiger partial charge in [-0.3, -0.25) is 0 Å². The van der Waals surface area contributed by atoms with Crippen molar-refractivity contribution in [2.24, 2.45) is 0 Å². The Morgan fingerprint density at radius 3 is 2.81 bits per heavy atom. The zero-order valence-corrected chi connectivity index (χ0v) is 14.7. The Bertz CT molecular complexity index is 891. The van der Waals surface area contributed by atoms with E-state index in [0.717, 1.165) is 54.3 Å². The summed E-state index contributed by atoms with van der Waals surface area (Å²) >= 11 is 0. The van der Waals surface area contributed by atoms with E-state index in [1.807, 2.05) is 36.6 Å². The molecule has 7 nitrogen and oxygen atoms in total. The smallest absolute Gasteiger partial charge is 0.293 e. The molecule has 1 fully saturated rings. The van der Waals surface area contributed by atoms with Gasteiger partial charge in [-0.1, -0.05) is 0 Å². The van der Waals surface area contributed by atoms with Gasteiger partial charge in [-0.15, -0.1) is 0 Å². The van der Waals surface area contributed by atoms with Gasteiger partial charge in [-0.25, -0.2) is 15.0 Å². The Balaban J connectivity index is 1.64. The van der Waals surface area contributed by atoms with E-state index in [-0.39, 0.29) is 0 Å². The van der Waals surface area contributed by atoms with Crippen LogP contribution in [0.25, 0.3) is 22.2 Å². The van der Waals surface area contributed by atoms with Crippen molar-refractivity contribution in [1.29, 1.82) is 0 Å². The molecule has 4 heterocycles. The third-order valence-electron chi connectivity index (χ3n) is 5.10. The van der Waals surface area contributed by atoms with Crippen LogP contribution >= 0.6 is 0 Å². The molecule has 0 amide bonds. The molecule has 1 saturated heterocycles. The standard InChI is InChI=1S/C18H20BN6O/c1-24(19-11-26)14-3-6-25(7-4-14)16-2-5-22-18-17(16)15(10-23-18)13-8-20-12-21-9-13/h2,5,8-12,14H,3-4,6-7H2,1H3,(H,22,23). The van der Waals surface area contributed by atoms with Crippen molar-refractivity contribution in [1.82, 2.24) is 24.7 Å². The quantitative estimate of drug-likeness (QED) is 0.559. The minimum Gasteiger partial charge on any atom is -0.371 e. The number of nitrogens with zero attached hydrogens (tertiary/aromatic N) is 5. The summed E-state index contributed by atoms with van der Waals surface area (Å²) in [6.45, 7) is 1.88. The van der Waals surface area contributed by atoms with Crippen LogP contribution in [0.3, 0.4) is 0 Å². The number of hydrogen-bond donors (Lipinski definition) is 1. The van der Waals surface area contributed by atoms with Gasteiger partial charge in [-0.2, -0.15) is 0 Å². The van der Waals surface area contributed by atoms with Crippen molar-refractivity contribution in [3.63, 3.8) is 0 Å². The minimum atomic E-state index is 0.405. The van der Waals surface area contributed by atoms with Crippen LogP contribution in [0.5, 0.6) is 0 Å². The first-order valence-corrected chi connectivity index (χ1v) is 8.75. The summed E-state index contributed by atoms with van der Waals surface area (Å²) in [6, 6.07) is 2.48. The van der Waals surface area contributed by atoms with Gasteiger partial charge in [0.05, 0.1) is 6.19 Å². The third-order valence-corrected chi connectivity index (χ3v) is 5.10. The Morgan fingerprint density at radius 1 is 1.31 bits per heavy atom. The van der Waals surface area contributed by atoms with Crippen molar-refractivity contribution in [2.45, 2.75) is 18.9 Å². The lowest BCUT2D eigenvalue weighted by molar-refractivity contribution is 0.323. The highest BCUT2D eigenvalue weighted by atomic mass is 16.1. The third kappa shape index (κ3) is 3.08. The number of hydrogen-bond acceptors (Lipinski definition) is 6. The summed E-state index contributed by atoms with van der Waals surface area (Å²) in [6.07, 6.45) is 11.9. The molecule has 0 atom stereocenters. The van der Waals surface area contributed by atoms with E-state index in [9.17, 15) is 4.79 Å². The summed E-state index contributed by atoms with van der Waals surface area (Å²) in [4.78, 5) is 31.1. The topological polar surface area (TPSA) is 78.0 Å². The van der Waals surface area contributed by atoms with E-state index < -0.39 is 0 Å². The van der Waals surface area contributed by atoms with Gasteiger partial charge in [-0.05, 0) is 26.0 Å². The number of aromatic amines is 1. The number of aromatic nitrogens is 4. The molecule has 0 spiro atoms. The summed E-state index contributed by atoms with van der Waals surface area (Å²) in [7, 11) is 3.59.